The molecule has 0 amide bonds. The molecule has 1 fully saturated rings. The third-order valence-corrected chi connectivity index (χ3v) is 4.40. The number of hydrogen-bond acceptors (Lipinski definition) is 3. The first-order chi connectivity index (χ1) is 10.0. The van der Waals surface area contributed by atoms with E-state index in [1.165, 1.54) is 37.3 Å². The second kappa shape index (κ2) is 7.39. The molecular weight excluding hydrogens is 258 g/mol. The maximum atomic E-state index is 3.44. The van der Waals surface area contributed by atoms with E-state index in [0.717, 1.165) is 19.6 Å². The molecule has 0 aromatic heterocycles. The molecule has 0 saturated carbocycles. The maximum Gasteiger partial charge on any atom is 0.0238 e. The molecule has 0 spiro atoms. The lowest BCUT2D eigenvalue weighted by atomic mass is 10.0. The van der Waals surface area contributed by atoms with Gasteiger partial charge in [-0.3, -0.25) is 9.80 Å². The summed E-state index contributed by atoms with van der Waals surface area (Å²) in [7, 11) is 0. The predicted molar refractivity (Wildman–Crippen MR) is 90.4 cm³/mol. The molecule has 0 aliphatic carbocycles. The van der Waals surface area contributed by atoms with Crippen LogP contribution in [0.3, 0.4) is 0 Å². The summed E-state index contributed by atoms with van der Waals surface area (Å²) in [6, 6.07) is 8.84. The van der Waals surface area contributed by atoms with E-state index in [1.807, 2.05) is 0 Å². The number of nitrogens with zero attached hydrogens (tertiary/aromatic N) is 2. The van der Waals surface area contributed by atoms with E-state index < -0.39 is 0 Å². The third-order valence-electron chi connectivity index (χ3n) is 4.40. The Morgan fingerprint density at radius 2 is 1.62 bits per heavy atom. The van der Waals surface area contributed by atoms with Gasteiger partial charge in [0.15, 0.2) is 0 Å². The van der Waals surface area contributed by atoms with Gasteiger partial charge >= 0.3 is 0 Å². The Bertz CT molecular complexity index is 428. The predicted octanol–water partition coefficient (Wildman–Crippen LogP) is 2.71. The highest BCUT2D eigenvalue weighted by atomic mass is 15.3. The van der Waals surface area contributed by atoms with Crippen molar-refractivity contribution in [3.8, 4) is 0 Å². The van der Waals surface area contributed by atoms with Crippen molar-refractivity contribution in [3.05, 3.63) is 35.4 Å². The molecule has 0 unspecified atom stereocenters. The Morgan fingerprint density at radius 3 is 2.19 bits per heavy atom. The van der Waals surface area contributed by atoms with Crippen molar-refractivity contribution in [2.45, 2.75) is 46.3 Å². The first-order valence-electron chi connectivity index (χ1n) is 8.25. The first-order valence-corrected chi connectivity index (χ1v) is 8.25. The molecule has 1 aromatic carbocycles. The smallest absolute Gasteiger partial charge is 0.0238 e. The van der Waals surface area contributed by atoms with Crippen LogP contribution in [-0.4, -0.2) is 48.1 Å². The molecule has 1 aromatic rings. The Morgan fingerprint density at radius 1 is 1.00 bits per heavy atom. The van der Waals surface area contributed by atoms with Gasteiger partial charge in [-0.05, 0) is 38.4 Å². The van der Waals surface area contributed by atoms with Crippen LogP contribution in [-0.2, 0) is 13.1 Å². The van der Waals surface area contributed by atoms with Crippen LogP contribution in [0, 0.1) is 0 Å². The lowest BCUT2D eigenvalue weighted by Crippen LogP contribution is -2.53. The van der Waals surface area contributed by atoms with Crippen molar-refractivity contribution in [3.63, 3.8) is 0 Å². The van der Waals surface area contributed by atoms with Crippen LogP contribution in [0.25, 0.3) is 0 Å². The van der Waals surface area contributed by atoms with Gasteiger partial charge < -0.3 is 5.32 Å². The molecule has 0 radical (unpaired) electrons. The van der Waals surface area contributed by atoms with Gasteiger partial charge in [-0.25, -0.2) is 0 Å². The Labute approximate surface area is 130 Å². The van der Waals surface area contributed by atoms with Crippen LogP contribution in [0.1, 0.15) is 38.8 Å². The highest BCUT2D eigenvalue weighted by Gasteiger charge is 2.25. The average molecular weight is 289 g/mol. The fourth-order valence-corrected chi connectivity index (χ4v) is 2.96. The van der Waals surface area contributed by atoms with Gasteiger partial charge in [-0.15, -0.1) is 0 Å². The molecule has 118 valence electrons. The summed E-state index contributed by atoms with van der Waals surface area (Å²) in [5, 5.41) is 3.44. The Kier molecular flexibility index (Phi) is 5.80. The summed E-state index contributed by atoms with van der Waals surface area (Å²) in [5.74, 6) is 0. The summed E-state index contributed by atoms with van der Waals surface area (Å²) in [6.45, 7) is 16.9. The van der Waals surface area contributed by atoms with Crippen molar-refractivity contribution in [1.29, 1.82) is 0 Å². The highest BCUT2D eigenvalue weighted by Crippen LogP contribution is 2.18. The van der Waals surface area contributed by atoms with Gasteiger partial charge in [0, 0.05) is 44.8 Å². The molecule has 1 aliphatic rings. The van der Waals surface area contributed by atoms with Gasteiger partial charge in [0.05, 0.1) is 0 Å². The minimum atomic E-state index is 0.301. The molecule has 3 heteroatoms. The molecule has 3 nitrogen and oxygen atoms in total. The number of hydrogen-bond donors (Lipinski definition) is 1. The monoisotopic (exact) mass is 289 g/mol. The van der Waals surface area contributed by atoms with E-state index in [4.69, 9.17) is 0 Å². The summed E-state index contributed by atoms with van der Waals surface area (Å²) < 4.78 is 0. The van der Waals surface area contributed by atoms with Crippen LogP contribution in [0.4, 0.5) is 0 Å². The Hall–Kier alpha value is -0.900. The fourth-order valence-electron chi connectivity index (χ4n) is 2.96. The largest absolute Gasteiger partial charge is 0.313 e. The molecule has 1 aliphatic heterocycles. The minimum Gasteiger partial charge on any atom is -0.313 e. The highest BCUT2D eigenvalue weighted by molar-refractivity contribution is 5.27. The zero-order valence-corrected chi connectivity index (χ0v) is 14.2. The lowest BCUT2D eigenvalue weighted by molar-refractivity contribution is 0.0590. The topological polar surface area (TPSA) is 18.5 Å². The number of benzene rings is 1. The van der Waals surface area contributed by atoms with Crippen LogP contribution < -0.4 is 5.32 Å². The first kappa shape index (κ1) is 16.5. The molecule has 1 saturated heterocycles. The molecule has 1 heterocycles. The van der Waals surface area contributed by atoms with Gasteiger partial charge in [0.1, 0.15) is 0 Å². The van der Waals surface area contributed by atoms with Crippen LogP contribution in [0.5, 0.6) is 0 Å². The zero-order valence-electron chi connectivity index (χ0n) is 14.2. The average Bonchev–Trinajstić information content (AvgIpc) is 2.46. The van der Waals surface area contributed by atoms with Gasteiger partial charge in [0.2, 0.25) is 0 Å². The molecule has 0 bridgehead atoms. The molecule has 21 heavy (non-hydrogen) atoms. The number of rotatable bonds is 5. The van der Waals surface area contributed by atoms with Crippen LogP contribution in [0.2, 0.25) is 0 Å². The van der Waals surface area contributed by atoms with E-state index in [0.29, 0.717) is 5.54 Å². The van der Waals surface area contributed by atoms with Crippen LogP contribution in [0.15, 0.2) is 24.3 Å². The fraction of sp³-hybridized carbons (Fsp3) is 0.667. The van der Waals surface area contributed by atoms with E-state index in [1.54, 1.807) is 0 Å². The quantitative estimate of drug-likeness (QED) is 0.899. The van der Waals surface area contributed by atoms with Crippen molar-refractivity contribution < 1.29 is 0 Å². The molecular formula is C18H31N3. The molecule has 1 N–H and O–H groups in total. The summed E-state index contributed by atoms with van der Waals surface area (Å²) in [4.78, 5) is 5.18. The summed E-state index contributed by atoms with van der Waals surface area (Å²) in [5.41, 5.74) is 3.22. The number of nitrogens with one attached hydrogen (secondary N) is 1. The van der Waals surface area contributed by atoms with Crippen molar-refractivity contribution in [1.82, 2.24) is 15.1 Å². The second-order valence-corrected chi connectivity index (χ2v) is 6.98. The second-order valence-electron chi connectivity index (χ2n) is 6.98. The van der Waals surface area contributed by atoms with E-state index in [2.05, 4.69) is 67.1 Å². The van der Waals surface area contributed by atoms with E-state index >= 15 is 0 Å². The standard InChI is InChI=1S/C18H31N3/c1-5-19-14-16-8-6-7-9-17(16)15-20-10-12-21(13-11-20)18(2,3)4/h6-9,19H,5,10-15H2,1-4H3. The van der Waals surface area contributed by atoms with Gasteiger partial charge in [-0.1, -0.05) is 31.2 Å². The maximum absolute atomic E-state index is 3.44. The zero-order chi connectivity index (χ0) is 15.3. The normalized spacial score (nSPS) is 18.1. The summed E-state index contributed by atoms with van der Waals surface area (Å²) >= 11 is 0. The number of piperazine rings is 1. The van der Waals surface area contributed by atoms with Gasteiger partial charge in [-0.2, -0.15) is 0 Å². The third kappa shape index (κ3) is 4.80. The lowest BCUT2D eigenvalue weighted by Gasteiger charge is -2.42. The van der Waals surface area contributed by atoms with Crippen molar-refractivity contribution in [2.75, 3.05) is 32.7 Å². The molecule has 2 rings (SSSR count). The minimum absolute atomic E-state index is 0.301. The Balaban J connectivity index is 1.91. The van der Waals surface area contributed by atoms with Gasteiger partial charge in [0.25, 0.3) is 0 Å². The summed E-state index contributed by atoms with van der Waals surface area (Å²) in [6.07, 6.45) is 0. The van der Waals surface area contributed by atoms with Crippen molar-refractivity contribution >= 4 is 0 Å². The van der Waals surface area contributed by atoms with E-state index in [9.17, 15) is 0 Å². The van der Waals surface area contributed by atoms with E-state index in [-0.39, 0.29) is 0 Å². The molecule has 0 atom stereocenters. The van der Waals surface area contributed by atoms with Crippen LogP contribution >= 0.6 is 0 Å². The SMILES string of the molecule is CCNCc1ccccc1CN1CCN(C(C)(C)C)CC1. The van der Waals surface area contributed by atoms with Crippen molar-refractivity contribution in [2.24, 2.45) is 0 Å².